The van der Waals surface area contributed by atoms with Gasteiger partial charge < -0.3 is 4.74 Å². The Bertz CT molecular complexity index is 333. The topological polar surface area (TPSA) is 29.6 Å². The first kappa shape index (κ1) is 10.5. The monoisotopic (exact) mass is 220 g/mol. The summed E-state index contributed by atoms with van der Waals surface area (Å²) in [6, 6.07) is 0. The van der Waals surface area contributed by atoms with Crippen LogP contribution in [0.15, 0.2) is 11.6 Å². The third kappa shape index (κ3) is 1.46. The molecule has 1 saturated carbocycles. The van der Waals surface area contributed by atoms with E-state index in [4.69, 9.17) is 4.74 Å². The van der Waals surface area contributed by atoms with Gasteiger partial charge in [0.15, 0.2) is 11.4 Å². The summed E-state index contributed by atoms with van der Waals surface area (Å²) >= 11 is 0. The summed E-state index contributed by atoms with van der Waals surface area (Å²) in [6.07, 6.45) is 9.57. The van der Waals surface area contributed by atoms with Crippen molar-refractivity contribution in [2.24, 2.45) is 11.8 Å². The fourth-order valence-corrected chi connectivity index (χ4v) is 3.31. The largest absolute Gasteiger partial charge is 0.361 e. The van der Waals surface area contributed by atoms with Gasteiger partial charge in [-0.3, -0.25) is 4.79 Å². The average molecular weight is 220 g/mol. The van der Waals surface area contributed by atoms with Crippen molar-refractivity contribution in [1.82, 2.24) is 0 Å². The summed E-state index contributed by atoms with van der Waals surface area (Å²) in [6.45, 7) is 2.80. The molecule has 0 N–H and O–H groups in total. The molecule has 1 saturated heterocycles. The Labute approximate surface area is 97.1 Å². The van der Waals surface area contributed by atoms with Gasteiger partial charge in [-0.05, 0) is 36.7 Å². The fourth-order valence-electron chi connectivity index (χ4n) is 3.31. The van der Waals surface area contributed by atoms with E-state index in [1.54, 1.807) is 0 Å². The highest BCUT2D eigenvalue weighted by molar-refractivity contribution is 6.05. The van der Waals surface area contributed by atoms with E-state index in [1.165, 1.54) is 32.1 Å². The van der Waals surface area contributed by atoms with Gasteiger partial charge in [-0.25, -0.2) is 0 Å². The zero-order valence-corrected chi connectivity index (χ0v) is 10.00. The molecular weight excluding hydrogens is 200 g/mol. The Kier molecular flexibility index (Phi) is 2.43. The SMILES string of the molecule is CC1CC=C(C2CCCCC2)C(=O)[C@]12CO2. The number of carbonyl (C=O) groups is 1. The molecule has 0 aromatic carbocycles. The molecule has 0 radical (unpaired) electrons. The minimum absolute atomic E-state index is 0.318. The van der Waals surface area contributed by atoms with Crippen LogP contribution in [-0.2, 0) is 9.53 Å². The van der Waals surface area contributed by atoms with Crippen LogP contribution in [0, 0.1) is 11.8 Å². The van der Waals surface area contributed by atoms with Crippen LogP contribution < -0.4 is 0 Å². The van der Waals surface area contributed by atoms with Gasteiger partial charge in [0, 0.05) is 0 Å². The summed E-state index contributed by atoms with van der Waals surface area (Å²) in [5.74, 6) is 1.24. The van der Waals surface area contributed by atoms with Crippen molar-refractivity contribution in [2.45, 2.75) is 51.0 Å². The van der Waals surface area contributed by atoms with Crippen LogP contribution in [0.1, 0.15) is 45.4 Å². The van der Waals surface area contributed by atoms with Crippen molar-refractivity contribution >= 4 is 5.78 Å². The second kappa shape index (κ2) is 3.69. The van der Waals surface area contributed by atoms with E-state index >= 15 is 0 Å². The normalized spacial score (nSPS) is 39.9. The molecule has 3 aliphatic rings. The predicted molar refractivity (Wildman–Crippen MR) is 62.1 cm³/mol. The third-order valence-electron chi connectivity index (χ3n) is 4.63. The average Bonchev–Trinajstić information content (AvgIpc) is 3.10. The molecule has 88 valence electrons. The number of ketones is 1. The first-order chi connectivity index (χ1) is 7.74. The Morgan fingerprint density at radius 3 is 2.62 bits per heavy atom. The minimum atomic E-state index is -0.387. The van der Waals surface area contributed by atoms with Crippen LogP contribution in [0.2, 0.25) is 0 Å². The molecule has 1 unspecified atom stereocenters. The summed E-state index contributed by atoms with van der Waals surface area (Å²) in [4.78, 5) is 12.4. The molecular formula is C14H20O2. The van der Waals surface area contributed by atoms with Gasteiger partial charge in [0.2, 0.25) is 0 Å². The smallest absolute Gasteiger partial charge is 0.193 e. The Morgan fingerprint density at radius 2 is 2.00 bits per heavy atom. The molecule has 2 heteroatoms. The zero-order chi connectivity index (χ0) is 11.2. The highest BCUT2D eigenvalue weighted by Gasteiger charge is 2.58. The minimum Gasteiger partial charge on any atom is -0.361 e. The zero-order valence-electron chi connectivity index (χ0n) is 10.00. The number of rotatable bonds is 1. The lowest BCUT2D eigenvalue weighted by molar-refractivity contribution is -0.123. The van der Waals surface area contributed by atoms with Gasteiger partial charge in [-0.2, -0.15) is 0 Å². The van der Waals surface area contributed by atoms with E-state index in [2.05, 4.69) is 13.0 Å². The van der Waals surface area contributed by atoms with Crippen molar-refractivity contribution < 1.29 is 9.53 Å². The maximum absolute atomic E-state index is 12.4. The second-order valence-electron chi connectivity index (χ2n) is 5.64. The molecule has 16 heavy (non-hydrogen) atoms. The number of hydrogen-bond donors (Lipinski definition) is 0. The lowest BCUT2D eigenvalue weighted by Crippen LogP contribution is -2.38. The van der Waals surface area contributed by atoms with Crippen molar-refractivity contribution in [1.29, 1.82) is 0 Å². The van der Waals surface area contributed by atoms with Gasteiger partial charge in [0.1, 0.15) is 0 Å². The van der Waals surface area contributed by atoms with Crippen molar-refractivity contribution in [3.63, 3.8) is 0 Å². The molecule has 0 aromatic heterocycles. The standard InChI is InChI=1S/C14H20O2/c1-10-7-8-12(11-5-3-2-4-6-11)13(15)14(10)9-16-14/h8,10-11H,2-7,9H2,1H3/t10?,14-/m0/s1. The van der Waals surface area contributed by atoms with Gasteiger partial charge in [0.25, 0.3) is 0 Å². The molecule has 2 fully saturated rings. The lowest BCUT2D eigenvalue weighted by atomic mass is 9.72. The van der Waals surface area contributed by atoms with E-state index in [0.717, 1.165) is 12.0 Å². The second-order valence-corrected chi connectivity index (χ2v) is 5.64. The number of ether oxygens (including phenoxy) is 1. The molecule has 2 aliphatic carbocycles. The predicted octanol–water partition coefficient (Wildman–Crippen LogP) is 2.87. The Hall–Kier alpha value is -0.630. The number of carbonyl (C=O) groups excluding carboxylic acids is 1. The third-order valence-corrected chi connectivity index (χ3v) is 4.63. The molecule has 0 bridgehead atoms. The van der Waals surface area contributed by atoms with Crippen LogP contribution in [0.3, 0.4) is 0 Å². The number of hydrogen-bond acceptors (Lipinski definition) is 2. The van der Waals surface area contributed by atoms with Gasteiger partial charge in [0.05, 0.1) is 6.61 Å². The van der Waals surface area contributed by atoms with Crippen LogP contribution in [0.25, 0.3) is 0 Å². The van der Waals surface area contributed by atoms with E-state index < -0.39 is 0 Å². The Balaban J connectivity index is 1.82. The molecule has 0 aromatic rings. The fraction of sp³-hybridized carbons (Fsp3) is 0.786. The molecule has 1 aliphatic heterocycles. The van der Waals surface area contributed by atoms with E-state index in [1.807, 2.05) is 0 Å². The van der Waals surface area contributed by atoms with Crippen molar-refractivity contribution in [3.8, 4) is 0 Å². The molecule has 0 amide bonds. The van der Waals surface area contributed by atoms with Gasteiger partial charge >= 0.3 is 0 Å². The van der Waals surface area contributed by atoms with E-state index in [-0.39, 0.29) is 5.60 Å². The van der Waals surface area contributed by atoms with Crippen LogP contribution in [0.4, 0.5) is 0 Å². The lowest BCUT2D eigenvalue weighted by Gasteiger charge is -2.30. The Morgan fingerprint density at radius 1 is 1.31 bits per heavy atom. The van der Waals surface area contributed by atoms with Crippen molar-refractivity contribution in [3.05, 3.63) is 11.6 Å². The van der Waals surface area contributed by atoms with Crippen LogP contribution in [-0.4, -0.2) is 18.0 Å². The molecule has 3 rings (SSSR count). The maximum Gasteiger partial charge on any atom is 0.193 e. The molecule has 2 nitrogen and oxygen atoms in total. The van der Waals surface area contributed by atoms with Crippen molar-refractivity contribution in [2.75, 3.05) is 6.61 Å². The number of allylic oxidation sites excluding steroid dienone is 1. The quantitative estimate of drug-likeness (QED) is 0.636. The first-order valence-electron chi connectivity index (χ1n) is 6.63. The summed E-state index contributed by atoms with van der Waals surface area (Å²) in [7, 11) is 0. The highest BCUT2D eigenvalue weighted by Crippen LogP contribution is 2.46. The highest BCUT2D eigenvalue weighted by atomic mass is 16.6. The van der Waals surface area contributed by atoms with E-state index in [9.17, 15) is 4.79 Å². The first-order valence-corrected chi connectivity index (χ1v) is 6.63. The number of epoxide rings is 1. The molecule has 1 heterocycles. The van der Waals surface area contributed by atoms with Crippen LogP contribution >= 0.6 is 0 Å². The summed E-state index contributed by atoms with van der Waals surface area (Å²) in [5.41, 5.74) is 0.719. The number of Topliss-reactive ketones (excluding diaryl/α,β-unsaturated/α-hetero) is 1. The summed E-state index contributed by atoms with van der Waals surface area (Å²) < 4.78 is 5.49. The maximum atomic E-state index is 12.4. The molecule has 1 spiro atoms. The van der Waals surface area contributed by atoms with Gasteiger partial charge in [-0.1, -0.05) is 32.3 Å². The van der Waals surface area contributed by atoms with Crippen LogP contribution in [0.5, 0.6) is 0 Å². The summed E-state index contributed by atoms with van der Waals surface area (Å²) in [5, 5.41) is 0. The molecule has 2 atom stereocenters. The van der Waals surface area contributed by atoms with Gasteiger partial charge in [-0.15, -0.1) is 0 Å². The van der Waals surface area contributed by atoms with E-state index in [0.29, 0.717) is 24.2 Å².